The summed E-state index contributed by atoms with van der Waals surface area (Å²) < 4.78 is 17.9. The molecule has 5 nitrogen and oxygen atoms in total. The zero-order chi connectivity index (χ0) is 16.3. The van der Waals surface area contributed by atoms with Crippen LogP contribution in [-0.4, -0.2) is 44.1 Å². The Morgan fingerprint density at radius 3 is 2.55 bits per heavy atom. The van der Waals surface area contributed by atoms with Crippen LogP contribution in [0, 0.1) is 6.92 Å². The molecular formula is C16H24N2O3S. The fraction of sp³-hybridized carbons (Fsp3) is 0.625. The standard InChI is InChI=1S/C16H24N2O3S/c1-12-5-8-17-14(11-12)22(20)13-6-9-18(10-7-13)15(19)21-16(2,3)4/h5,8,11,13H,6-7,9-10H2,1-4H3. The molecule has 0 N–H and O–H groups in total. The summed E-state index contributed by atoms with van der Waals surface area (Å²) in [5.41, 5.74) is 0.576. The van der Waals surface area contributed by atoms with Gasteiger partial charge < -0.3 is 9.64 Å². The summed E-state index contributed by atoms with van der Waals surface area (Å²) in [5, 5.41) is 0.684. The number of nitrogens with zero attached hydrogens (tertiary/aromatic N) is 2. The number of aryl methyl sites for hydroxylation is 1. The number of hydrogen-bond donors (Lipinski definition) is 0. The number of carbonyl (C=O) groups excluding carboxylic acids is 1. The first-order valence-electron chi connectivity index (χ1n) is 7.57. The van der Waals surface area contributed by atoms with E-state index in [2.05, 4.69) is 4.98 Å². The van der Waals surface area contributed by atoms with Crippen molar-refractivity contribution in [3.8, 4) is 0 Å². The Balaban J connectivity index is 1.92. The Labute approximate surface area is 134 Å². The molecule has 122 valence electrons. The highest BCUT2D eigenvalue weighted by molar-refractivity contribution is 7.85. The van der Waals surface area contributed by atoms with Gasteiger partial charge in [-0.2, -0.15) is 0 Å². The Morgan fingerprint density at radius 1 is 1.36 bits per heavy atom. The molecule has 1 aliphatic rings. The van der Waals surface area contributed by atoms with E-state index < -0.39 is 16.4 Å². The largest absolute Gasteiger partial charge is 0.444 e. The highest BCUT2D eigenvalue weighted by Gasteiger charge is 2.30. The molecule has 1 aromatic heterocycles. The van der Waals surface area contributed by atoms with Crippen LogP contribution in [0.25, 0.3) is 0 Å². The summed E-state index contributed by atoms with van der Waals surface area (Å²) in [6.07, 6.45) is 2.83. The molecular weight excluding hydrogens is 300 g/mol. The van der Waals surface area contributed by atoms with Gasteiger partial charge in [0.25, 0.3) is 0 Å². The molecule has 2 heterocycles. The average molecular weight is 324 g/mol. The molecule has 1 aliphatic heterocycles. The first-order valence-corrected chi connectivity index (χ1v) is 8.79. The normalized spacial score (nSPS) is 18.1. The molecule has 0 saturated carbocycles. The maximum atomic E-state index is 12.6. The molecule has 0 radical (unpaired) electrons. The lowest BCUT2D eigenvalue weighted by atomic mass is 10.1. The number of ether oxygens (including phenoxy) is 1. The molecule has 0 bridgehead atoms. The molecule has 22 heavy (non-hydrogen) atoms. The number of aromatic nitrogens is 1. The Bertz CT molecular complexity index is 561. The van der Waals surface area contributed by atoms with E-state index in [1.54, 1.807) is 11.1 Å². The van der Waals surface area contributed by atoms with Gasteiger partial charge in [-0.3, -0.25) is 4.21 Å². The minimum Gasteiger partial charge on any atom is -0.444 e. The van der Waals surface area contributed by atoms with Crippen LogP contribution in [0.2, 0.25) is 0 Å². The van der Waals surface area contributed by atoms with E-state index in [1.807, 2.05) is 39.8 Å². The van der Waals surface area contributed by atoms with Crippen LogP contribution < -0.4 is 0 Å². The van der Waals surface area contributed by atoms with Crippen molar-refractivity contribution in [1.29, 1.82) is 0 Å². The van der Waals surface area contributed by atoms with E-state index in [4.69, 9.17) is 4.74 Å². The number of hydrogen-bond acceptors (Lipinski definition) is 4. The monoisotopic (exact) mass is 324 g/mol. The van der Waals surface area contributed by atoms with Gasteiger partial charge in [-0.1, -0.05) is 0 Å². The van der Waals surface area contributed by atoms with E-state index in [9.17, 15) is 9.00 Å². The summed E-state index contributed by atoms with van der Waals surface area (Å²) >= 11 is 0. The van der Waals surface area contributed by atoms with Gasteiger partial charge in [0.15, 0.2) is 0 Å². The lowest BCUT2D eigenvalue weighted by Crippen LogP contribution is -2.43. The Morgan fingerprint density at radius 2 is 2.00 bits per heavy atom. The van der Waals surface area contributed by atoms with E-state index in [0.717, 1.165) is 5.56 Å². The summed E-state index contributed by atoms with van der Waals surface area (Å²) in [4.78, 5) is 17.9. The molecule has 6 heteroatoms. The topological polar surface area (TPSA) is 59.5 Å². The SMILES string of the molecule is Cc1ccnc(S(=O)C2CCN(C(=O)OC(C)(C)C)CC2)c1. The van der Waals surface area contributed by atoms with Crippen molar-refractivity contribution in [2.45, 2.75) is 56.4 Å². The van der Waals surface area contributed by atoms with Crippen LogP contribution in [0.15, 0.2) is 23.4 Å². The Kier molecular flexibility index (Phi) is 5.21. The molecule has 0 spiro atoms. The number of likely N-dealkylation sites (tertiary alicyclic amines) is 1. The third kappa shape index (κ3) is 4.53. The Hall–Kier alpha value is -1.43. The first kappa shape index (κ1) is 16.9. The van der Waals surface area contributed by atoms with Crippen LogP contribution in [0.1, 0.15) is 39.2 Å². The van der Waals surface area contributed by atoms with Gasteiger partial charge in [-0.05, 0) is 58.2 Å². The van der Waals surface area contributed by atoms with Crippen LogP contribution in [0.5, 0.6) is 0 Å². The van der Waals surface area contributed by atoms with Crippen LogP contribution in [0.3, 0.4) is 0 Å². The molecule has 1 fully saturated rings. The molecule has 1 amide bonds. The smallest absolute Gasteiger partial charge is 0.410 e. The average Bonchev–Trinajstić information content (AvgIpc) is 2.45. The maximum absolute atomic E-state index is 12.6. The van der Waals surface area contributed by atoms with Gasteiger partial charge in [0.2, 0.25) is 0 Å². The van der Waals surface area contributed by atoms with Gasteiger partial charge in [0.1, 0.15) is 10.6 Å². The fourth-order valence-electron chi connectivity index (χ4n) is 2.37. The zero-order valence-electron chi connectivity index (χ0n) is 13.7. The van der Waals surface area contributed by atoms with Crippen molar-refractivity contribution in [2.75, 3.05) is 13.1 Å². The zero-order valence-corrected chi connectivity index (χ0v) is 14.5. The number of rotatable bonds is 2. The lowest BCUT2D eigenvalue weighted by molar-refractivity contribution is 0.0218. The van der Waals surface area contributed by atoms with Crippen molar-refractivity contribution >= 4 is 16.9 Å². The molecule has 1 aromatic rings. The summed E-state index contributed by atoms with van der Waals surface area (Å²) in [7, 11) is -1.12. The van der Waals surface area contributed by atoms with Gasteiger partial charge in [0.05, 0.1) is 10.8 Å². The summed E-state index contributed by atoms with van der Waals surface area (Å²) in [5.74, 6) is 0. The van der Waals surface area contributed by atoms with Gasteiger partial charge >= 0.3 is 6.09 Å². The first-order chi connectivity index (χ1) is 10.3. The lowest BCUT2D eigenvalue weighted by Gasteiger charge is -2.32. The van der Waals surface area contributed by atoms with Gasteiger partial charge in [0, 0.05) is 24.5 Å². The number of amides is 1. The third-order valence-electron chi connectivity index (χ3n) is 3.49. The highest BCUT2D eigenvalue weighted by Crippen LogP contribution is 2.22. The summed E-state index contributed by atoms with van der Waals surface area (Å²) in [6.45, 7) is 8.70. The number of carbonyl (C=O) groups is 1. The molecule has 0 aromatic carbocycles. The second-order valence-electron chi connectivity index (χ2n) is 6.64. The van der Waals surface area contributed by atoms with E-state index in [0.29, 0.717) is 31.0 Å². The van der Waals surface area contributed by atoms with Crippen molar-refractivity contribution < 1.29 is 13.7 Å². The van der Waals surface area contributed by atoms with Crippen molar-refractivity contribution in [1.82, 2.24) is 9.88 Å². The van der Waals surface area contributed by atoms with Crippen molar-refractivity contribution in [2.24, 2.45) is 0 Å². The maximum Gasteiger partial charge on any atom is 0.410 e. The quantitative estimate of drug-likeness (QED) is 0.839. The minimum absolute atomic E-state index is 0.0491. The molecule has 1 saturated heterocycles. The molecule has 1 unspecified atom stereocenters. The number of piperidine rings is 1. The van der Waals surface area contributed by atoms with Gasteiger partial charge in [-0.25, -0.2) is 9.78 Å². The van der Waals surface area contributed by atoms with Gasteiger partial charge in [-0.15, -0.1) is 0 Å². The highest BCUT2D eigenvalue weighted by atomic mass is 32.2. The second kappa shape index (κ2) is 6.77. The second-order valence-corrected chi connectivity index (χ2v) is 8.32. The summed E-state index contributed by atoms with van der Waals surface area (Å²) in [6, 6.07) is 3.77. The van der Waals surface area contributed by atoms with Crippen LogP contribution in [0.4, 0.5) is 4.79 Å². The minimum atomic E-state index is -1.12. The van der Waals surface area contributed by atoms with Crippen LogP contribution >= 0.6 is 0 Å². The van der Waals surface area contributed by atoms with Crippen LogP contribution in [-0.2, 0) is 15.5 Å². The predicted molar refractivity (Wildman–Crippen MR) is 86.2 cm³/mol. The van der Waals surface area contributed by atoms with E-state index in [-0.39, 0.29) is 11.3 Å². The fourth-order valence-corrected chi connectivity index (χ4v) is 3.82. The predicted octanol–water partition coefficient (Wildman–Crippen LogP) is 2.90. The van der Waals surface area contributed by atoms with Crippen molar-refractivity contribution in [3.05, 3.63) is 23.9 Å². The molecule has 0 aliphatic carbocycles. The third-order valence-corrected chi connectivity index (χ3v) is 5.21. The van der Waals surface area contributed by atoms with E-state index in [1.165, 1.54) is 0 Å². The number of pyridine rings is 1. The van der Waals surface area contributed by atoms with E-state index >= 15 is 0 Å². The molecule has 1 atom stereocenters. The van der Waals surface area contributed by atoms with Crippen molar-refractivity contribution in [3.63, 3.8) is 0 Å². The molecule has 2 rings (SSSR count).